The Kier molecular flexibility index (Phi) is 22.0. The van der Waals surface area contributed by atoms with Crippen LogP contribution in [0.25, 0.3) is 0 Å². The molecule has 2 heteroatoms. The summed E-state index contributed by atoms with van der Waals surface area (Å²) in [6.45, 7) is 1.32. The van der Waals surface area contributed by atoms with Crippen molar-refractivity contribution in [3.05, 3.63) is 0 Å². The van der Waals surface area contributed by atoms with Crippen LogP contribution in [0, 0.1) is 0 Å². The molecule has 0 aromatic carbocycles. The normalized spacial score (nSPS) is 3.25. The van der Waals surface area contributed by atoms with Crippen molar-refractivity contribution in [2.75, 3.05) is 0 Å². The molecular formula is C2H3AgO. The third kappa shape index (κ3) is 28.5. The van der Waals surface area contributed by atoms with Gasteiger partial charge in [-0.25, -0.2) is 0 Å². The van der Waals surface area contributed by atoms with Crippen LogP contribution in [-0.4, -0.2) is 6.29 Å². The first-order valence-electron chi connectivity index (χ1n) is 0.704. The number of carbonyl (C=O) groups excluding carboxylic acids is 1. The molecule has 0 aromatic heterocycles. The van der Waals surface area contributed by atoms with Crippen LogP contribution in [0.5, 0.6) is 0 Å². The van der Waals surface area contributed by atoms with E-state index in [4.69, 9.17) is 4.79 Å². The Morgan fingerprint density at radius 2 is 1.75 bits per heavy atom. The summed E-state index contributed by atoms with van der Waals surface area (Å²) in [7, 11) is 0. The molecule has 0 amide bonds. The molecule has 4 heavy (non-hydrogen) atoms. The minimum absolute atomic E-state index is 0. The summed E-state index contributed by atoms with van der Waals surface area (Å²) >= 11 is 0. The van der Waals surface area contributed by atoms with Gasteiger partial charge in [-0.15, -0.1) is 0 Å². The van der Waals surface area contributed by atoms with Crippen molar-refractivity contribution in [1.29, 1.82) is 0 Å². The maximum atomic E-state index is 8.68. The second-order valence-corrected chi connectivity index (χ2v) is 0.204. The van der Waals surface area contributed by atoms with Gasteiger partial charge in [-0.2, -0.15) is 6.92 Å². The zero-order chi connectivity index (χ0) is 2.71. The van der Waals surface area contributed by atoms with Crippen LogP contribution in [0.4, 0.5) is 0 Å². The fourth-order valence-corrected chi connectivity index (χ4v) is 0. The quantitative estimate of drug-likeness (QED) is 0.354. The first-order valence-corrected chi connectivity index (χ1v) is 0.704. The van der Waals surface area contributed by atoms with Crippen molar-refractivity contribution in [1.82, 2.24) is 0 Å². The van der Waals surface area contributed by atoms with Crippen LogP contribution in [0.3, 0.4) is 0 Å². The van der Waals surface area contributed by atoms with E-state index in [2.05, 4.69) is 0 Å². The zero-order valence-electron chi connectivity index (χ0n) is 2.21. The molecule has 0 spiro atoms. The average molecular weight is 151 g/mol. The summed E-state index contributed by atoms with van der Waals surface area (Å²) in [5, 5.41) is 0. The monoisotopic (exact) mass is 150 g/mol. The van der Waals surface area contributed by atoms with Gasteiger partial charge in [0.15, 0.2) is 0 Å². The summed E-state index contributed by atoms with van der Waals surface area (Å²) in [5.41, 5.74) is 0. The molecule has 0 aliphatic rings. The Morgan fingerprint density at radius 1 is 1.75 bits per heavy atom. The van der Waals surface area contributed by atoms with Gasteiger partial charge < -0.3 is 4.79 Å². The van der Waals surface area contributed by atoms with Gasteiger partial charge in [0.1, 0.15) is 0 Å². The molecular weight excluding hydrogens is 148 g/mol. The van der Waals surface area contributed by atoms with Crippen molar-refractivity contribution in [2.24, 2.45) is 0 Å². The SMILES string of the molecule is C[C-]=O.[Ag+]. The van der Waals surface area contributed by atoms with Crippen molar-refractivity contribution < 1.29 is 27.2 Å². The Morgan fingerprint density at radius 3 is 1.75 bits per heavy atom. The molecule has 0 unspecified atom stereocenters. The van der Waals surface area contributed by atoms with Gasteiger partial charge in [0.05, 0.1) is 0 Å². The number of hydrogen-bond acceptors (Lipinski definition) is 1. The molecule has 0 N–H and O–H groups in total. The summed E-state index contributed by atoms with van der Waals surface area (Å²) in [4.78, 5) is 8.68. The van der Waals surface area contributed by atoms with Crippen LogP contribution in [-0.2, 0) is 27.2 Å². The number of rotatable bonds is 0. The molecule has 0 aromatic rings. The third-order valence-corrected chi connectivity index (χ3v) is 0. The van der Waals surface area contributed by atoms with Gasteiger partial charge in [-0.3, -0.25) is 6.29 Å². The first-order chi connectivity index (χ1) is 1.41. The van der Waals surface area contributed by atoms with Crippen LogP contribution < -0.4 is 0 Å². The van der Waals surface area contributed by atoms with Gasteiger partial charge in [0.2, 0.25) is 0 Å². The Bertz CT molecular complexity index is 13.5. The van der Waals surface area contributed by atoms with Gasteiger partial charge >= 0.3 is 22.4 Å². The predicted molar refractivity (Wildman–Crippen MR) is 11.4 cm³/mol. The van der Waals surface area contributed by atoms with E-state index >= 15 is 0 Å². The second kappa shape index (κ2) is 9.96. The molecule has 0 bridgehead atoms. The third-order valence-electron chi connectivity index (χ3n) is 0. The molecule has 0 radical (unpaired) electrons. The van der Waals surface area contributed by atoms with E-state index in [9.17, 15) is 0 Å². The van der Waals surface area contributed by atoms with Crippen LogP contribution in [0.15, 0.2) is 0 Å². The van der Waals surface area contributed by atoms with E-state index in [0.717, 1.165) is 0 Å². The summed E-state index contributed by atoms with van der Waals surface area (Å²) in [6.07, 6.45) is 1.50. The van der Waals surface area contributed by atoms with Gasteiger partial charge in [0, 0.05) is 0 Å². The minimum Gasteiger partial charge on any atom is -0.542 e. The smallest absolute Gasteiger partial charge is 0.542 e. The van der Waals surface area contributed by atoms with E-state index in [1.807, 2.05) is 0 Å². The predicted octanol–water partition coefficient (Wildman–Crippen LogP) is 0.113. The molecule has 0 aliphatic heterocycles. The number of hydrogen-bond donors (Lipinski definition) is 0. The fraction of sp³-hybridized carbons (Fsp3) is 0.500. The fourth-order valence-electron chi connectivity index (χ4n) is 0. The Hall–Kier alpha value is 0.410. The molecule has 0 aliphatic carbocycles. The second-order valence-electron chi connectivity index (χ2n) is 0.204. The minimum atomic E-state index is 0. The van der Waals surface area contributed by atoms with Crippen molar-refractivity contribution in [3.63, 3.8) is 0 Å². The molecule has 0 atom stereocenters. The Labute approximate surface area is 40.9 Å². The molecule has 0 saturated carbocycles. The van der Waals surface area contributed by atoms with Gasteiger partial charge in [0.25, 0.3) is 0 Å². The maximum Gasteiger partial charge on any atom is 1.00 e. The largest absolute Gasteiger partial charge is 1.00 e. The zero-order valence-corrected chi connectivity index (χ0v) is 3.69. The summed E-state index contributed by atoms with van der Waals surface area (Å²) in [6, 6.07) is 0. The van der Waals surface area contributed by atoms with Gasteiger partial charge in [-0.1, -0.05) is 0 Å². The molecule has 0 heterocycles. The standard InChI is InChI=1S/C2H3O.Ag/c1-2-3;/h1H3;/q-1;+1. The van der Waals surface area contributed by atoms with Crippen molar-refractivity contribution in [3.8, 4) is 0 Å². The van der Waals surface area contributed by atoms with Crippen LogP contribution in [0.2, 0.25) is 0 Å². The molecule has 0 rings (SSSR count). The van der Waals surface area contributed by atoms with Crippen LogP contribution >= 0.6 is 0 Å². The van der Waals surface area contributed by atoms with E-state index in [1.165, 1.54) is 13.2 Å². The average Bonchev–Trinajstić information content (AvgIpc) is 0.918. The first kappa shape index (κ1) is 8.83. The summed E-state index contributed by atoms with van der Waals surface area (Å²) in [5.74, 6) is 0. The van der Waals surface area contributed by atoms with Crippen molar-refractivity contribution >= 4 is 6.29 Å². The topological polar surface area (TPSA) is 17.1 Å². The Balaban J connectivity index is 0. The van der Waals surface area contributed by atoms with E-state index in [-0.39, 0.29) is 22.4 Å². The van der Waals surface area contributed by atoms with E-state index < -0.39 is 0 Å². The molecule has 1 nitrogen and oxygen atoms in total. The van der Waals surface area contributed by atoms with E-state index in [0.29, 0.717) is 0 Å². The molecule has 0 saturated heterocycles. The van der Waals surface area contributed by atoms with Gasteiger partial charge in [-0.05, 0) is 0 Å². The molecule has 28 valence electrons. The molecule has 0 fully saturated rings. The summed E-state index contributed by atoms with van der Waals surface area (Å²) < 4.78 is 0. The maximum absolute atomic E-state index is 8.68. The van der Waals surface area contributed by atoms with E-state index in [1.54, 1.807) is 0 Å². The van der Waals surface area contributed by atoms with Crippen LogP contribution in [0.1, 0.15) is 6.92 Å². The van der Waals surface area contributed by atoms with Crippen molar-refractivity contribution in [2.45, 2.75) is 6.92 Å².